The molecule has 1 unspecified atom stereocenters. The van der Waals surface area contributed by atoms with Crippen molar-refractivity contribution in [1.82, 2.24) is 9.55 Å². The molecule has 1 fully saturated rings. The minimum absolute atomic E-state index is 0.0953. The second kappa shape index (κ2) is 5.69. The number of ether oxygens (including phenoxy) is 1. The number of nitrogens with two attached hydrogens (primary N) is 1. The van der Waals surface area contributed by atoms with Crippen molar-refractivity contribution in [3.8, 4) is 0 Å². The Hall–Kier alpha value is -1.15. The first kappa shape index (κ1) is 15.2. The van der Waals surface area contributed by atoms with Gasteiger partial charge in [-0.3, -0.25) is 4.57 Å². The van der Waals surface area contributed by atoms with Crippen LogP contribution in [0.4, 0.5) is 5.82 Å². The van der Waals surface area contributed by atoms with Crippen molar-refractivity contribution >= 4 is 17.4 Å². The highest BCUT2D eigenvalue weighted by molar-refractivity contribution is 6.21. The van der Waals surface area contributed by atoms with E-state index in [1.54, 1.807) is 0 Å². The van der Waals surface area contributed by atoms with Crippen LogP contribution in [0.25, 0.3) is 0 Å². The Bertz CT molecular complexity index is 538. The quantitative estimate of drug-likeness (QED) is 0.667. The van der Waals surface area contributed by atoms with Gasteiger partial charge in [0.05, 0.1) is 6.61 Å². The Morgan fingerprint density at radius 3 is 2.90 bits per heavy atom. The largest absolute Gasteiger partial charge is 0.393 e. The predicted octanol–water partition coefficient (Wildman–Crippen LogP) is -0.146. The summed E-state index contributed by atoms with van der Waals surface area (Å²) in [5.41, 5.74) is 3.65. The van der Waals surface area contributed by atoms with Crippen LogP contribution in [0.3, 0.4) is 0 Å². The van der Waals surface area contributed by atoms with E-state index in [0.717, 1.165) is 0 Å². The molecule has 8 heteroatoms. The number of hydrogen-bond donors (Lipinski definition) is 3. The normalized spacial score (nSPS) is 33.5. The van der Waals surface area contributed by atoms with Crippen LogP contribution < -0.4 is 11.4 Å². The number of hydrogen-bond acceptors (Lipinski definition) is 6. The van der Waals surface area contributed by atoms with Crippen molar-refractivity contribution < 1.29 is 14.9 Å². The maximum absolute atomic E-state index is 11.8. The van der Waals surface area contributed by atoms with Gasteiger partial charge in [0.2, 0.25) is 0 Å². The number of aliphatic hydroxyl groups is 2. The summed E-state index contributed by atoms with van der Waals surface area (Å²) in [5.74, 6) is 0.0953. The molecule has 0 amide bonds. The summed E-state index contributed by atoms with van der Waals surface area (Å²) >= 11 is 6.17. The average Bonchev–Trinajstić information content (AvgIpc) is 2.65. The molecule has 0 aromatic carbocycles. The second-order valence-corrected chi connectivity index (χ2v) is 5.42. The molecular formula is C12H18ClN3O4. The molecule has 0 radical (unpaired) electrons. The minimum atomic E-state index is -1.16. The summed E-state index contributed by atoms with van der Waals surface area (Å²) in [4.78, 5) is 15.4. The Morgan fingerprint density at radius 2 is 2.35 bits per heavy atom. The highest BCUT2D eigenvalue weighted by Gasteiger charge is 2.54. The minimum Gasteiger partial charge on any atom is -0.393 e. The van der Waals surface area contributed by atoms with Gasteiger partial charge in [0.25, 0.3) is 0 Å². The van der Waals surface area contributed by atoms with Crippen molar-refractivity contribution in [3.05, 3.63) is 22.7 Å². The van der Waals surface area contributed by atoms with Crippen molar-refractivity contribution in [1.29, 1.82) is 0 Å². The zero-order chi connectivity index (χ0) is 14.9. The summed E-state index contributed by atoms with van der Waals surface area (Å²) in [7, 11) is 0. The number of rotatable bonds is 4. The molecule has 0 bridgehead atoms. The lowest BCUT2D eigenvalue weighted by Gasteiger charge is -2.29. The maximum Gasteiger partial charge on any atom is 0.351 e. The monoisotopic (exact) mass is 303 g/mol. The van der Waals surface area contributed by atoms with Crippen molar-refractivity contribution in [3.63, 3.8) is 0 Å². The molecule has 1 aliphatic rings. The van der Waals surface area contributed by atoms with E-state index in [2.05, 4.69) is 4.98 Å². The van der Waals surface area contributed by atoms with Gasteiger partial charge in [0, 0.05) is 6.20 Å². The van der Waals surface area contributed by atoms with Crippen LogP contribution >= 0.6 is 11.6 Å². The zero-order valence-electron chi connectivity index (χ0n) is 11.1. The standard InChI is InChI=1S/C12H18ClN3O4/c1-2-4-12(6-17)9(18)8(13)10(20-12)16-5-3-7(14)15-11(16)19/h3,5,8-10,17-18H,2,4,6H2,1H3,(H2,14,15,19)/t8-,9+,10?,12-/m1/s1. The molecule has 20 heavy (non-hydrogen) atoms. The Balaban J connectivity index is 2.37. The molecule has 112 valence electrons. The zero-order valence-corrected chi connectivity index (χ0v) is 11.8. The first-order valence-corrected chi connectivity index (χ1v) is 6.84. The van der Waals surface area contributed by atoms with Crippen LogP contribution in [0.15, 0.2) is 17.1 Å². The summed E-state index contributed by atoms with van der Waals surface area (Å²) < 4.78 is 6.89. The molecule has 1 aliphatic heterocycles. The summed E-state index contributed by atoms with van der Waals surface area (Å²) in [6.45, 7) is 1.53. The van der Waals surface area contributed by atoms with Crippen LogP contribution in [-0.2, 0) is 4.74 Å². The van der Waals surface area contributed by atoms with Crippen LogP contribution in [0.5, 0.6) is 0 Å². The topological polar surface area (TPSA) is 111 Å². The molecule has 0 aliphatic carbocycles. The Labute approximate surface area is 121 Å². The van der Waals surface area contributed by atoms with E-state index < -0.39 is 29.0 Å². The molecule has 0 spiro atoms. The summed E-state index contributed by atoms with van der Waals surface area (Å²) in [6, 6.07) is 1.44. The number of anilines is 1. The molecule has 0 saturated carbocycles. The van der Waals surface area contributed by atoms with Crippen molar-refractivity contribution in [2.75, 3.05) is 12.3 Å². The SMILES string of the molecule is CCC[C@]1(CO)OC(n2ccc(N)nc2=O)[C@H](Cl)[C@@H]1O. The molecule has 7 nitrogen and oxygen atoms in total. The van der Waals surface area contributed by atoms with Gasteiger partial charge in [-0.15, -0.1) is 11.6 Å². The first-order chi connectivity index (χ1) is 9.45. The fraction of sp³-hybridized carbons (Fsp3) is 0.667. The summed E-state index contributed by atoms with van der Waals surface area (Å²) in [6.07, 6.45) is 0.566. The lowest BCUT2D eigenvalue weighted by Crippen LogP contribution is -2.45. The number of aliphatic hydroxyl groups excluding tert-OH is 2. The Morgan fingerprint density at radius 1 is 1.65 bits per heavy atom. The van der Waals surface area contributed by atoms with Gasteiger partial charge in [-0.2, -0.15) is 4.98 Å². The lowest BCUT2D eigenvalue weighted by atomic mass is 9.92. The number of nitrogen functional groups attached to an aromatic ring is 1. The van der Waals surface area contributed by atoms with Crippen molar-refractivity contribution in [2.45, 2.75) is 43.1 Å². The predicted molar refractivity (Wildman–Crippen MR) is 73.4 cm³/mol. The van der Waals surface area contributed by atoms with Crippen LogP contribution in [0.1, 0.15) is 26.0 Å². The van der Waals surface area contributed by atoms with Gasteiger partial charge >= 0.3 is 5.69 Å². The average molecular weight is 304 g/mol. The molecule has 2 rings (SSSR count). The molecule has 4 N–H and O–H groups in total. The van der Waals surface area contributed by atoms with E-state index in [9.17, 15) is 15.0 Å². The van der Waals surface area contributed by atoms with Crippen molar-refractivity contribution in [2.24, 2.45) is 0 Å². The number of halogens is 1. The van der Waals surface area contributed by atoms with E-state index in [1.807, 2.05) is 6.92 Å². The number of nitrogens with zero attached hydrogens (tertiary/aromatic N) is 2. The molecular weight excluding hydrogens is 286 g/mol. The molecule has 4 atom stereocenters. The number of aromatic nitrogens is 2. The fourth-order valence-corrected chi connectivity index (χ4v) is 2.89. The highest BCUT2D eigenvalue weighted by atomic mass is 35.5. The second-order valence-electron chi connectivity index (χ2n) is 4.91. The molecule has 1 aromatic heterocycles. The van der Waals surface area contributed by atoms with E-state index in [1.165, 1.54) is 16.8 Å². The smallest absolute Gasteiger partial charge is 0.351 e. The van der Waals surface area contributed by atoms with Crippen LogP contribution in [-0.4, -0.2) is 43.5 Å². The van der Waals surface area contributed by atoms with Gasteiger partial charge in [-0.1, -0.05) is 13.3 Å². The van der Waals surface area contributed by atoms with Gasteiger partial charge in [0.1, 0.15) is 22.9 Å². The Kier molecular flexibility index (Phi) is 4.33. The van der Waals surface area contributed by atoms with E-state index in [0.29, 0.717) is 12.8 Å². The third-order valence-electron chi connectivity index (χ3n) is 3.54. The van der Waals surface area contributed by atoms with Gasteiger partial charge < -0.3 is 20.7 Å². The van der Waals surface area contributed by atoms with Crippen LogP contribution in [0.2, 0.25) is 0 Å². The van der Waals surface area contributed by atoms with E-state index in [-0.39, 0.29) is 12.4 Å². The number of alkyl halides is 1. The third kappa shape index (κ3) is 2.42. The summed E-state index contributed by atoms with van der Waals surface area (Å²) in [5, 5.41) is 18.9. The van der Waals surface area contributed by atoms with E-state index >= 15 is 0 Å². The van der Waals surface area contributed by atoms with E-state index in [4.69, 9.17) is 22.1 Å². The fourth-order valence-electron chi connectivity index (χ4n) is 2.49. The first-order valence-electron chi connectivity index (χ1n) is 6.40. The molecule has 2 heterocycles. The van der Waals surface area contributed by atoms with Crippen LogP contribution in [0, 0.1) is 0 Å². The third-order valence-corrected chi connectivity index (χ3v) is 3.99. The van der Waals surface area contributed by atoms with Gasteiger partial charge in [-0.05, 0) is 12.5 Å². The van der Waals surface area contributed by atoms with Gasteiger partial charge in [-0.25, -0.2) is 4.79 Å². The molecule has 1 saturated heterocycles. The lowest BCUT2D eigenvalue weighted by molar-refractivity contribution is -0.132. The van der Waals surface area contributed by atoms with Gasteiger partial charge in [0.15, 0.2) is 6.23 Å². The maximum atomic E-state index is 11.8. The molecule has 1 aromatic rings. The highest BCUT2D eigenvalue weighted by Crippen LogP contribution is 2.42.